The van der Waals surface area contributed by atoms with Crippen LogP contribution in [0.4, 0.5) is 5.69 Å². The zero-order valence-electron chi connectivity index (χ0n) is 18.3. The average molecular weight is 488 g/mol. The van der Waals surface area contributed by atoms with Gasteiger partial charge in [0, 0.05) is 17.8 Å². The summed E-state index contributed by atoms with van der Waals surface area (Å²) in [4.78, 5) is 14.8. The fraction of sp³-hybridized carbons (Fsp3) is 0.154. The lowest BCUT2D eigenvalue weighted by Gasteiger charge is -2.21. The minimum absolute atomic E-state index is 0.0972. The second kappa shape index (κ2) is 11.5. The van der Waals surface area contributed by atoms with Crippen LogP contribution in [0.15, 0.2) is 90.1 Å². The Morgan fingerprint density at radius 3 is 2.35 bits per heavy atom. The van der Waals surface area contributed by atoms with Gasteiger partial charge in [0.25, 0.3) is 0 Å². The first-order valence-corrected chi connectivity index (χ1v) is 12.1. The highest BCUT2D eigenvalue weighted by molar-refractivity contribution is 7.99. The van der Waals surface area contributed by atoms with Crippen LogP contribution in [-0.2, 0) is 11.3 Å². The van der Waals surface area contributed by atoms with Crippen LogP contribution < -0.4 is 4.90 Å². The van der Waals surface area contributed by atoms with E-state index in [0.29, 0.717) is 29.1 Å². The van der Waals surface area contributed by atoms with Gasteiger partial charge in [-0.1, -0.05) is 84.0 Å². The van der Waals surface area contributed by atoms with E-state index in [1.54, 1.807) is 4.90 Å². The predicted octanol–water partition coefficient (Wildman–Crippen LogP) is 5.69. The van der Waals surface area contributed by atoms with Crippen LogP contribution in [0.2, 0.25) is 5.02 Å². The number of thioether (sulfide) groups is 1. The Morgan fingerprint density at radius 1 is 0.971 bits per heavy atom. The van der Waals surface area contributed by atoms with Crippen LogP contribution in [0.3, 0.4) is 0 Å². The maximum absolute atomic E-state index is 13.1. The summed E-state index contributed by atoms with van der Waals surface area (Å²) in [6, 6.07) is 29.0. The second-order valence-corrected chi connectivity index (χ2v) is 8.79. The van der Waals surface area contributed by atoms with Crippen LogP contribution in [0.1, 0.15) is 12.0 Å². The lowest BCUT2D eigenvalue weighted by atomic mass is 10.2. The standard InChI is InChI=1S/C26H22ClN5OS/c27-23-15-8-7-14-22(23)25-29-30-26(32(25)18-20-10-3-1-4-11-20)34-19-24(33)31(17-9-16-28)21-12-5-2-6-13-21/h1-8,10-15H,9,17-19H2. The van der Waals surface area contributed by atoms with Crippen molar-refractivity contribution in [3.8, 4) is 17.5 Å². The number of rotatable bonds is 9. The van der Waals surface area contributed by atoms with Gasteiger partial charge in [-0.05, 0) is 29.8 Å². The Balaban J connectivity index is 1.60. The number of halogens is 1. The fourth-order valence-corrected chi connectivity index (χ4v) is 4.55. The first-order valence-electron chi connectivity index (χ1n) is 10.7. The first-order chi connectivity index (χ1) is 16.7. The van der Waals surface area contributed by atoms with Crippen molar-refractivity contribution in [2.45, 2.75) is 18.1 Å². The van der Waals surface area contributed by atoms with Gasteiger partial charge in [0.2, 0.25) is 5.91 Å². The molecule has 4 aromatic rings. The monoisotopic (exact) mass is 487 g/mol. The summed E-state index contributed by atoms with van der Waals surface area (Å²) in [5.74, 6) is 0.712. The van der Waals surface area contributed by atoms with Crippen molar-refractivity contribution in [3.05, 3.63) is 95.5 Å². The summed E-state index contributed by atoms with van der Waals surface area (Å²) in [7, 11) is 0. The van der Waals surface area contributed by atoms with Gasteiger partial charge in [0.05, 0.1) is 29.8 Å². The smallest absolute Gasteiger partial charge is 0.237 e. The first kappa shape index (κ1) is 23.6. The number of hydrogen-bond donors (Lipinski definition) is 0. The number of benzene rings is 3. The van der Waals surface area contributed by atoms with Crippen molar-refractivity contribution >= 4 is 35.0 Å². The molecule has 34 heavy (non-hydrogen) atoms. The van der Waals surface area contributed by atoms with Gasteiger partial charge < -0.3 is 4.90 Å². The number of para-hydroxylation sites is 1. The molecule has 0 atom stereocenters. The summed E-state index contributed by atoms with van der Waals surface area (Å²) in [5, 5.41) is 19.1. The molecule has 0 spiro atoms. The minimum Gasteiger partial charge on any atom is -0.311 e. The van der Waals surface area contributed by atoms with E-state index in [1.807, 2.05) is 89.5 Å². The molecule has 0 saturated carbocycles. The van der Waals surface area contributed by atoms with Crippen LogP contribution in [0.5, 0.6) is 0 Å². The second-order valence-electron chi connectivity index (χ2n) is 7.44. The number of carbonyl (C=O) groups is 1. The highest BCUT2D eigenvalue weighted by atomic mass is 35.5. The lowest BCUT2D eigenvalue weighted by molar-refractivity contribution is -0.116. The van der Waals surface area contributed by atoms with Crippen LogP contribution in [0, 0.1) is 11.3 Å². The minimum atomic E-state index is -0.0972. The number of nitrogens with zero attached hydrogens (tertiary/aromatic N) is 5. The molecule has 0 N–H and O–H groups in total. The van der Waals surface area contributed by atoms with Crippen molar-refractivity contribution in [2.75, 3.05) is 17.2 Å². The fourth-order valence-electron chi connectivity index (χ4n) is 3.52. The quantitative estimate of drug-likeness (QED) is 0.284. The third kappa shape index (κ3) is 5.66. The van der Waals surface area contributed by atoms with Crippen molar-refractivity contribution in [3.63, 3.8) is 0 Å². The maximum atomic E-state index is 13.1. The van der Waals surface area contributed by atoms with Gasteiger partial charge >= 0.3 is 0 Å². The Morgan fingerprint density at radius 2 is 1.65 bits per heavy atom. The van der Waals surface area contributed by atoms with Crippen molar-refractivity contribution in [1.82, 2.24) is 14.8 Å². The molecule has 0 aliphatic heterocycles. The van der Waals surface area contributed by atoms with E-state index in [0.717, 1.165) is 16.8 Å². The maximum Gasteiger partial charge on any atom is 0.237 e. The van der Waals surface area contributed by atoms with Crippen LogP contribution >= 0.6 is 23.4 Å². The van der Waals surface area contributed by atoms with Gasteiger partial charge in [-0.2, -0.15) is 5.26 Å². The highest BCUT2D eigenvalue weighted by Gasteiger charge is 2.20. The topological polar surface area (TPSA) is 74.8 Å². The third-order valence-corrected chi connectivity index (χ3v) is 6.44. The highest BCUT2D eigenvalue weighted by Crippen LogP contribution is 2.30. The zero-order valence-corrected chi connectivity index (χ0v) is 19.9. The van der Waals surface area contributed by atoms with E-state index in [2.05, 4.69) is 16.3 Å². The van der Waals surface area contributed by atoms with Crippen molar-refractivity contribution in [2.24, 2.45) is 0 Å². The van der Waals surface area contributed by atoms with Crippen molar-refractivity contribution < 1.29 is 4.79 Å². The summed E-state index contributed by atoms with van der Waals surface area (Å²) in [5.41, 5.74) is 2.64. The van der Waals surface area contributed by atoms with E-state index in [-0.39, 0.29) is 18.1 Å². The van der Waals surface area contributed by atoms with Gasteiger partial charge in [-0.25, -0.2) is 0 Å². The van der Waals surface area contributed by atoms with Gasteiger partial charge in [-0.15, -0.1) is 10.2 Å². The molecule has 0 bridgehead atoms. The molecule has 1 heterocycles. The van der Waals surface area contributed by atoms with E-state index in [4.69, 9.17) is 16.9 Å². The van der Waals surface area contributed by atoms with Crippen molar-refractivity contribution in [1.29, 1.82) is 5.26 Å². The molecule has 0 unspecified atom stereocenters. The summed E-state index contributed by atoms with van der Waals surface area (Å²) in [6.45, 7) is 0.878. The number of aromatic nitrogens is 3. The number of anilines is 1. The van der Waals surface area contributed by atoms with Gasteiger partial charge in [0.15, 0.2) is 11.0 Å². The summed E-state index contributed by atoms with van der Waals surface area (Å²) < 4.78 is 1.98. The Kier molecular flexibility index (Phi) is 7.97. The Bertz CT molecular complexity index is 1290. The molecule has 0 aliphatic rings. The van der Waals surface area contributed by atoms with Gasteiger partial charge in [0.1, 0.15) is 0 Å². The molecule has 0 fully saturated rings. The number of amides is 1. The normalized spacial score (nSPS) is 10.6. The van der Waals surface area contributed by atoms with E-state index < -0.39 is 0 Å². The number of hydrogen-bond acceptors (Lipinski definition) is 5. The molecule has 0 saturated heterocycles. The lowest BCUT2D eigenvalue weighted by Crippen LogP contribution is -2.33. The Labute approximate surface area is 207 Å². The van der Waals surface area contributed by atoms with Crippen LogP contribution in [0.25, 0.3) is 11.4 Å². The molecule has 4 rings (SSSR count). The summed E-state index contributed by atoms with van der Waals surface area (Å²) >= 11 is 7.78. The van der Waals surface area contributed by atoms with E-state index in [1.165, 1.54) is 11.8 Å². The molecule has 170 valence electrons. The molecule has 8 heteroatoms. The molecule has 1 aromatic heterocycles. The molecule has 0 aliphatic carbocycles. The Hall–Kier alpha value is -3.60. The molecule has 6 nitrogen and oxygen atoms in total. The molecular formula is C26H22ClN5OS. The number of nitriles is 1. The zero-order chi connectivity index (χ0) is 23.8. The average Bonchev–Trinajstić information content (AvgIpc) is 3.26. The molecule has 3 aromatic carbocycles. The largest absolute Gasteiger partial charge is 0.311 e. The number of carbonyl (C=O) groups excluding carboxylic acids is 1. The summed E-state index contributed by atoms with van der Waals surface area (Å²) in [6.07, 6.45) is 0.256. The van der Waals surface area contributed by atoms with E-state index in [9.17, 15) is 4.79 Å². The molecular weight excluding hydrogens is 466 g/mol. The SMILES string of the molecule is N#CCCN(C(=O)CSc1nnc(-c2ccccc2Cl)n1Cc1ccccc1)c1ccccc1. The predicted molar refractivity (Wildman–Crippen MR) is 136 cm³/mol. The molecule has 1 amide bonds. The third-order valence-electron chi connectivity index (χ3n) is 5.16. The molecule has 0 radical (unpaired) electrons. The van der Waals surface area contributed by atoms with Gasteiger partial charge in [-0.3, -0.25) is 9.36 Å². The van der Waals surface area contributed by atoms with Crippen LogP contribution in [-0.4, -0.2) is 33.0 Å². The van der Waals surface area contributed by atoms with E-state index >= 15 is 0 Å².